The van der Waals surface area contributed by atoms with Crippen molar-refractivity contribution in [2.75, 3.05) is 32.8 Å². The molecular weight excluding hydrogens is 396 g/mol. The first-order valence-corrected chi connectivity index (χ1v) is 11.7. The number of ether oxygens (including phenoxy) is 1. The molecule has 2 atom stereocenters. The summed E-state index contributed by atoms with van der Waals surface area (Å²) in [5, 5.41) is 17.5. The fourth-order valence-electron chi connectivity index (χ4n) is 4.35. The van der Waals surface area contributed by atoms with Crippen LogP contribution in [-0.4, -0.2) is 67.0 Å². The number of hydrogen-bond acceptors (Lipinski definition) is 5. The minimum Gasteiger partial charge on any atom is -0.469 e. The summed E-state index contributed by atoms with van der Waals surface area (Å²) < 4.78 is 10.5. The smallest absolute Gasteiger partial charge is 0.409 e. The molecule has 2 unspecified atom stereocenters. The zero-order chi connectivity index (χ0) is 22.1. The highest BCUT2D eigenvalue weighted by atomic mass is 16.6. The SMILES string of the molecule is CCOC(=O)N1CCC(NC(=NCC2(C)CCCCC2O)NCCc2ccco2)CC1. The third-order valence-corrected chi connectivity index (χ3v) is 6.48. The first kappa shape index (κ1) is 23.4. The largest absolute Gasteiger partial charge is 0.469 e. The van der Waals surface area contributed by atoms with Gasteiger partial charge < -0.3 is 29.8 Å². The number of carbonyl (C=O) groups excluding carboxylic acids is 1. The summed E-state index contributed by atoms with van der Waals surface area (Å²) in [6, 6.07) is 4.10. The molecule has 8 heteroatoms. The molecule has 1 aromatic rings. The number of piperidine rings is 1. The van der Waals surface area contributed by atoms with Crippen LogP contribution >= 0.6 is 0 Å². The Morgan fingerprint density at radius 1 is 1.35 bits per heavy atom. The quantitative estimate of drug-likeness (QED) is 0.451. The number of amides is 1. The Kier molecular flexibility index (Phi) is 8.63. The molecule has 2 heterocycles. The molecule has 3 rings (SSSR count). The standard InChI is InChI=1S/C23H38N4O4/c1-3-30-22(29)27-14-10-18(11-15-27)26-21(24-13-9-19-7-6-16-31-19)25-17-23(2)12-5-4-8-20(23)28/h6-7,16,18,20,28H,3-5,8-15,17H2,1-2H3,(H2,24,25,26). The molecule has 1 amide bonds. The van der Waals surface area contributed by atoms with Crippen molar-refractivity contribution < 1.29 is 19.1 Å². The van der Waals surface area contributed by atoms with Gasteiger partial charge in [0.15, 0.2) is 5.96 Å². The molecule has 31 heavy (non-hydrogen) atoms. The second kappa shape index (κ2) is 11.4. The van der Waals surface area contributed by atoms with Crippen molar-refractivity contribution in [3.63, 3.8) is 0 Å². The van der Waals surface area contributed by atoms with Crippen LogP contribution in [0.15, 0.2) is 27.8 Å². The number of aliphatic hydroxyl groups is 1. The van der Waals surface area contributed by atoms with Gasteiger partial charge in [-0.25, -0.2) is 4.79 Å². The summed E-state index contributed by atoms with van der Waals surface area (Å²) in [7, 11) is 0. The lowest BCUT2D eigenvalue weighted by atomic mass is 9.73. The van der Waals surface area contributed by atoms with Crippen LogP contribution in [0, 0.1) is 5.41 Å². The monoisotopic (exact) mass is 434 g/mol. The van der Waals surface area contributed by atoms with E-state index in [1.165, 1.54) is 0 Å². The van der Waals surface area contributed by atoms with Gasteiger partial charge in [0.25, 0.3) is 0 Å². The van der Waals surface area contributed by atoms with Gasteiger partial charge in [-0.2, -0.15) is 0 Å². The molecule has 1 aliphatic heterocycles. The van der Waals surface area contributed by atoms with Crippen LogP contribution in [0.25, 0.3) is 0 Å². The van der Waals surface area contributed by atoms with Crippen LogP contribution in [0.1, 0.15) is 58.1 Å². The third kappa shape index (κ3) is 6.89. The van der Waals surface area contributed by atoms with Gasteiger partial charge in [-0.05, 0) is 44.7 Å². The van der Waals surface area contributed by atoms with E-state index in [4.69, 9.17) is 14.1 Å². The van der Waals surface area contributed by atoms with Crippen molar-refractivity contribution in [1.82, 2.24) is 15.5 Å². The van der Waals surface area contributed by atoms with Crippen LogP contribution in [0.2, 0.25) is 0 Å². The lowest BCUT2D eigenvalue weighted by Gasteiger charge is -2.37. The normalized spacial score (nSPS) is 25.3. The lowest BCUT2D eigenvalue weighted by molar-refractivity contribution is 0.00715. The number of nitrogens with zero attached hydrogens (tertiary/aromatic N) is 2. The second-order valence-electron chi connectivity index (χ2n) is 8.94. The lowest BCUT2D eigenvalue weighted by Crippen LogP contribution is -2.50. The maximum absolute atomic E-state index is 11.9. The Labute approximate surface area is 185 Å². The van der Waals surface area contributed by atoms with E-state index in [0.29, 0.717) is 32.8 Å². The van der Waals surface area contributed by atoms with Crippen molar-refractivity contribution in [3.05, 3.63) is 24.2 Å². The fraction of sp³-hybridized carbons (Fsp3) is 0.739. The Morgan fingerprint density at radius 3 is 2.84 bits per heavy atom. The number of aliphatic imine (C=N–C) groups is 1. The van der Waals surface area contributed by atoms with Crippen molar-refractivity contribution in [3.8, 4) is 0 Å². The predicted octanol–water partition coefficient (Wildman–Crippen LogP) is 2.92. The van der Waals surface area contributed by atoms with E-state index < -0.39 is 0 Å². The maximum atomic E-state index is 11.9. The third-order valence-electron chi connectivity index (χ3n) is 6.48. The Bertz CT molecular complexity index is 700. The number of carbonyl (C=O) groups is 1. The number of hydrogen-bond donors (Lipinski definition) is 3. The van der Waals surface area contributed by atoms with E-state index in [-0.39, 0.29) is 23.7 Å². The number of guanidine groups is 1. The van der Waals surface area contributed by atoms with E-state index in [9.17, 15) is 9.90 Å². The summed E-state index contributed by atoms with van der Waals surface area (Å²) in [6.07, 6.45) is 7.70. The van der Waals surface area contributed by atoms with Crippen LogP contribution in [0.3, 0.4) is 0 Å². The van der Waals surface area contributed by atoms with Gasteiger partial charge in [-0.1, -0.05) is 19.8 Å². The number of rotatable bonds is 7. The highest BCUT2D eigenvalue weighted by molar-refractivity contribution is 5.80. The zero-order valence-corrected chi connectivity index (χ0v) is 18.9. The van der Waals surface area contributed by atoms with E-state index in [1.807, 2.05) is 19.1 Å². The molecule has 2 fully saturated rings. The molecule has 0 aromatic carbocycles. The molecule has 1 saturated carbocycles. The van der Waals surface area contributed by atoms with Crippen LogP contribution in [0.5, 0.6) is 0 Å². The minimum atomic E-state index is -0.304. The average molecular weight is 435 g/mol. The Hall–Kier alpha value is -2.22. The maximum Gasteiger partial charge on any atom is 0.409 e. The topological polar surface area (TPSA) is 99.3 Å². The second-order valence-corrected chi connectivity index (χ2v) is 8.94. The molecule has 3 N–H and O–H groups in total. The zero-order valence-electron chi connectivity index (χ0n) is 18.9. The van der Waals surface area contributed by atoms with Crippen molar-refractivity contribution in [2.24, 2.45) is 10.4 Å². The highest BCUT2D eigenvalue weighted by Gasteiger charge is 2.35. The molecule has 8 nitrogen and oxygen atoms in total. The molecule has 2 aliphatic rings. The van der Waals surface area contributed by atoms with Gasteiger partial charge in [-0.3, -0.25) is 4.99 Å². The fourth-order valence-corrected chi connectivity index (χ4v) is 4.35. The van der Waals surface area contributed by atoms with E-state index in [2.05, 4.69) is 17.6 Å². The van der Waals surface area contributed by atoms with Gasteiger partial charge in [0, 0.05) is 37.5 Å². The Morgan fingerprint density at radius 2 is 2.16 bits per heavy atom. The summed E-state index contributed by atoms with van der Waals surface area (Å²) in [5.41, 5.74) is -0.179. The summed E-state index contributed by atoms with van der Waals surface area (Å²) in [5.74, 6) is 1.70. The molecule has 0 spiro atoms. The highest BCUT2D eigenvalue weighted by Crippen LogP contribution is 2.36. The number of furan rings is 1. The molecule has 0 bridgehead atoms. The van der Waals surface area contributed by atoms with Gasteiger partial charge >= 0.3 is 6.09 Å². The van der Waals surface area contributed by atoms with E-state index >= 15 is 0 Å². The summed E-state index contributed by atoms with van der Waals surface area (Å²) in [6.45, 7) is 7.01. The average Bonchev–Trinajstić information content (AvgIpc) is 3.28. The van der Waals surface area contributed by atoms with Crippen molar-refractivity contribution in [2.45, 2.75) is 70.9 Å². The van der Waals surface area contributed by atoms with Crippen molar-refractivity contribution >= 4 is 12.1 Å². The number of likely N-dealkylation sites (tertiary alicyclic amines) is 1. The molecule has 0 radical (unpaired) electrons. The van der Waals surface area contributed by atoms with Crippen LogP contribution in [0.4, 0.5) is 4.79 Å². The van der Waals surface area contributed by atoms with Gasteiger partial charge in [0.05, 0.1) is 25.5 Å². The van der Waals surface area contributed by atoms with Gasteiger partial charge in [-0.15, -0.1) is 0 Å². The van der Waals surface area contributed by atoms with Crippen LogP contribution < -0.4 is 10.6 Å². The summed E-state index contributed by atoms with van der Waals surface area (Å²) in [4.78, 5) is 18.6. The van der Waals surface area contributed by atoms with Crippen molar-refractivity contribution in [1.29, 1.82) is 0 Å². The van der Waals surface area contributed by atoms with E-state index in [0.717, 1.165) is 56.7 Å². The predicted molar refractivity (Wildman–Crippen MR) is 120 cm³/mol. The first-order valence-electron chi connectivity index (χ1n) is 11.7. The van der Waals surface area contributed by atoms with E-state index in [1.54, 1.807) is 11.2 Å². The number of aliphatic hydroxyl groups excluding tert-OH is 1. The van der Waals surface area contributed by atoms with Crippen LogP contribution in [-0.2, 0) is 11.2 Å². The molecule has 1 aromatic heterocycles. The molecular formula is C23H38N4O4. The molecule has 1 aliphatic carbocycles. The number of nitrogens with one attached hydrogen (secondary N) is 2. The molecule has 174 valence electrons. The minimum absolute atomic E-state index is 0.179. The summed E-state index contributed by atoms with van der Waals surface area (Å²) >= 11 is 0. The first-order chi connectivity index (χ1) is 15.0. The Balaban J connectivity index is 1.56. The molecule has 1 saturated heterocycles. The van der Waals surface area contributed by atoms with Gasteiger partial charge in [0.1, 0.15) is 5.76 Å². The van der Waals surface area contributed by atoms with Gasteiger partial charge in [0.2, 0.25) is 0 Å².